The number of halogens is 4. The molecule has 0 saturated heterocycles. The Morgan fingerprint density at radius 3 is 2.63 bits per heavy atom. The zero-order valence-electron chi connectivity index (χ0n) is 16.8. The molecule has 1 aromatic carbocycles. The third kappa shape index (κ3) is 5.07. The van der Waals surface area contributed by atoms with E-state index in [1.165, 1.54) is 17.0 Å². The van der Waals surface area contributed by atoms with Crippen LogP contribution >= 0.6 is 27.3 Å². The zero-order chi connectivity index (χ0) is 21.9. The van der Waals surface area contributed by atoms with Crippen molar-refractivity contribution < 1.29 is 13.2 Å². The first kappa shape index (κ1) is 22.8. The minimum Gasteiger partial charge on any atom is -0.373 e. The number of thiophene rings is 1. The maximum atomic E-state index is 13.3. The van der Waals surface area contributed by atoms with Crippen LogP contribution in [0.3, 0.4) is 0 Å². The first-order valence-corrected chi connectivity index (χ1v) is 11.3. The fourth-order valence-corrected chi connectivity index (χ4v) is 5.26. The summed E-state index contributed by atoms with van der Waals surface area (Å²) in [5.74, 6) is 0. The number of hydrogen-bond acceptors (Lipinski definition) is 4. The van der Waals surface area contributed by atoms with E-state index in [0.717, 1.165) is 39.6 Å². The van der Waals surface area contributed by atoms with E-state index in [0.29, 0.717) is 0 Å². The number of nitrogens with two attached hydrogens (primary N) is 1. The second-order valence-corrected chi connectivity index (χ2v) is 9.09. The van der Waals surface area contributed by atoms with E-state index in [4.69, 9.17) is 5.73 Å². The molecule has 0 aliphatic carbocycles. The average Bonchev–Trinajstić information content (AvgIpc) is 3.23. The van der Waals surface area contributed by atoms with Crippen LogP contribution in [0.4, 0.5) is 18.2 Å². The van der Waals surface area contributed by atoms with Crippen LogP contribution in [0.1, 0.15) is 29.3 Å². The monoisotopic (exact) mass is 500 g/mol. The van der Waals surface area contributed by atoms with Gasteiger partial charge in [0, 0.05) is 30.1 Å². The second-order valence-electron chi connectivity index (χ2n) is 7.10. The molecular formula is C21H24BrF3N4S. The third-order valence-corrected chi connectivity index (χ3v) is 6.56. The minimum absolute atomic E-state index is 0.192. The van der Waals surface area contributed by atoms with Crippen molar-refractivity contribution >= 4 is 32.3 Å². The molecule has 2 heterocycles. The maximum Gasteiger partial charge on any atom is 0.416 e. The Hall–Kier alpha value is -1.84. The molecule has 0 aliphatic heterocycles. The highest BCUT2D eigenvalue weighted by Gasteiger charge is 2.33. The van der Waals surface area contributed by atoms with Crippen LogP contribution in [-0.2, 0) is 26.1 Å². The lowest BCUT2D eigenvalue weighted by Gasteiger charge is -2.20. The van der Waals surface area contributed by atoms with Gasteiger partial charge in [-0.15, -0.1) is 11.3 Å². The Morgan fingerprint density at radius 1 is 1.30 bits per heavy atom. The van der Waals surface area contributed by atoms with Gasteiger partial charge < -0.3 is 11.1 Å². The number of nitrogens with zero attached hydrogens (tertiary/aromatic N) is 2. The van der Waals surface area contributed by atoms with Crippen LogP contribution in [0.2, 0.25) is 0 Å². The lowest BCUT2D eigenvalue weighted by atomic mass is 10.00. The van der Waals surface area contributed by atoms with Crippen LogP contribution in [0.15, 0.2) is 41.0 Å². The molecule has 0 unspecified atom stereocenters. The van der Waals surface area contributed by atoms with E-state index in [9.17, 15) is 13.2 Å². The van der Waals surface area contributed by atoms with Gasteiger partial charge in [0.15, 0.2) is 0 Å². The zero-order valence-corrected chi connectivity index (χ0v) is 19.2. The summed E-state index contributed by atoms with van der Waals surface area (Å²) in [7, 11) is 1.89. The smallest absolute Gasteiger partial charge is 0.373 e. The first-order valence-electron chi connectivity index (χ1n) is 9.66. The van der Waals surface area contributed by atoms with Crippen molar-refractivity contribution in [2.24, 2.45) is 12.8 Å². The van der Waals surface area contributed by atoms with Gasteiger partial charge in [0.2, 0.25) is 0 Å². The molecule has 0 spiro atoms. The Labute approximate surface area is 186 Å². The van der Waals surface area contributed by atoms with Crippen LogP contribution in [0.5, 0.6) is 0 Å². The SMILES string of the molecule is CCCc1sc(N[C@H](CN)Cc2ccccc2C(F)(F)F)cc1-c1c(Br)cnn1C. The molecule has 3 N–H and O–H groups in total. The Kier molecular flexibility index (Phi) is 7.26. The number of aromatic nitrogens is 2. The van der Waals surface area contributed by atoms with Gasteiger partial charge in [-0.1, -0.05) is 31.5 Å². The van der Waals surface area contributed by atoms with Crippen molar-refractivity contribution in [1.82, 2.24) is 9.78 Å². The molecule has 0 bridgehead atoms. The van der Waals surface area contributed by atoms with Crippen molar-refractivity contribution in [2.75, 3.05) is 11.9 Å². The summed E-state index contributed by atoms with van der Waals surface area (Å²) in [6.07, 6.45) is -0.540. The van der Waals surface area contributed by atoms with Gasteiger partial charge in [-0.25, -0.2) is 0 Å². The Morgan fingerprint density at radius 2 is 2.03 bits per heavy atom. The molecule has 0 fully saturated rings. The van der Waals surface area contributed by atoms with Gasteiger partial charge in [-0.05, 0) is 46.5 Å². The number of aryl methyl sites for hydroxylation is 2. The maximum absolute atomic E-state index is 13.3. The lowest BCUT2D eigenvalue weighted by Crippen LogP contribution is -2.31. The molecule has 2 aromatic heterocycles. The first-order chi connectivity index (χ1) is 14.2. The van der Waals surface area contributed by atoms with Crippen molar-refractivity contribution in [3.8, 4) is 11.3 Å². The summed E-state index contributed by atoms with van der Waals surface area (Å²) in [6, 6.07) is 7.39. The summed E-state index contributed by atoms with van der Waals surface area (Å²) in [4.78, 5) is 1.20. The fraction of sp³-hybridized carbons (Fsp3) is 0.381. The summed E-state index contributed by atoms with van der Waals surface area (Å²) in [6.45, 7) is 2.34. The summed E-state index contributed by atoms with van der Waals surface area (Å²) in [5.41, 5.74) is 7.60. The van der Waals surface area contributed by atoms with E-state index in [2.05, 4.69) is 33.3 Å². The second kappa shape index (κ2) is 9.53. The largest absolute Gasteiger partial charge is 0.416 e. The van der Waals surface area contributed by atoms with Gasteiger partial charge in [-0.3, -0.25) is 4.68 Å². The number of nitrogens with one attached hydrogen (secondary N) is 1. The molecule has 9 heteroatoms. The Bertz CT molecular complexity index is 977. The van der Waals surface area contributed by atoms with Crippen molar-refractivity contribution in [1.29, 1.82) is 0 Å². The molecule has 0 amide bonds. The van der Waals surface area contributed by atoms with Crippen LogP contribution < -0.4 is 11.1 Å². The van der Waals surface area contributed by atoms with Crippen molar-refractivity contribution in [3.63, 3.8) is 0 Å². The average molecular weight is 501 g/mol. The summed E-state index contributed by atoms with van der Waals surface area (Å²) < 4.78 is 42.7. The van der Waals surface area contributed by atoms with Crippen LogP contribution in [0.25, 0.3) is 11.3 Å². The van der Waals surface area contributed by atoms with Gasteiger partial charge in [-0.2, -0.15) is 18.3 Å². The van der Waals surface area contributed by atoms with E-state index in [1.54, 1.807) is 23.6 Å². The normalized spacial score (nSPS) is 12.9. The van der Waals surface area contributed by atoms with Crippen molar-refractivity contribution in [3.05, 3.63) is 57.0 Å². The van der Waals surface area contributed by atoms with E-state index < -0.39 is 11.7 Å². The van der Waals surface area contributed by atoms with E-state index >= 15 is 0 Å². The molecule has 1 atom stereocenters. The Balaban J connectivity index is 1.87. The number of anilines is 1. The van der Waals surface area contributed by atoms with E-state index in [-0.39, 0.29) is 24.6 Å². The fourth-order valence-electron chi connectivity index (χ4n) is 3.46. The molecule has 3 rings (SSSR count). The summed E-state index contributed by atoms with van der Waals surface area (Å²) >= 11 is 5.17. The van der Waals surface area contributed by atoms with Gasteiger partial charge in [0.25, 0.3) is 0 Å². The standard InChI is InChI=1S/C21H24BrF3N4S/c1-3-6-18-15(20-17(22)12-27-29(20)2)10-19(30-18)28-14(11-26)9-13-7-4-5-8-16(13)21(23,24)25/h4-5,7-8,10,12,14,28H,3,6,9,11,26H2,1-2H3/t14-/m0/s1. The topological polar surface area (TPSA) is 55.9 Å². The molecule has 0 aliphatic rings. The number of rotatable bonds is 8. The van der Waals surface area contributed by atoms with Gasteiger partial charge >= 0.3 is 6.18 Å². The number of hydrogen-bond donors (Lipinski definition) is 2. The van der Waals surface area contributed by atoms with Crippen molar-refractivity contribution in [2.45, 2.75) is 38.4 Å². The van der Waals surface area contributed by atoms with Crippen LogP contribution in [-0.4, -0.2) is 22.4 Å². The third-order valence-electron chi connectivity index (χ3n) is 4.86. The predicted molar refractivity (Wildman–Crippen MR) is 120 cm³/mol. The molecule has 4 nitrogen and oxygen atoms in total. The number of benzene rings is 1. The molecule has 0 saturated carbocycles. The van der Waals surface area contributed by atoms with Gasteiger partial charge in [0.05, 0.1) is 26.9 Å². The highest BCUT2D eigenvalue weighted by molar-refractivity contribution is 9.10. The predicted octanol–water partition coefficient (Wildman–Crippen LogP) is 5.86. The molecule has 30 heavy (non-hydrogen) atoms. The molecule has 162 valence electrons. The van der Waals surface area contributed by atoms with Gasteiger partial charge in [0.1, 0.15) is 0 Å². The van der Waals surface area contributed by atoms with Crippen LogP contribution in [0, 0.1) is 0 Å². The molecule has 3 aromatic rings. The van der Waals surface area contributed by atoms with E-state index in [1.807, 2.05) is 17.8 Å². The molecule has 0 radical (unpaired) electrons. The minimum atomic E-state index is -4.38. The lowest BCUT2D eigenvalue weighted by molar-refractivity contribution is -0.138. The highest BCUT2D eigenvalue weighted by Crippen LogP contribution is 2.39. The highest BCUT2D eigenvalue weighted by atomic mass is 79.9. The number of alkyl halides is 3. The molecular weight excluding hydrogens is 477 g/mol. The quantitative estimate of drug-likeness (QED) is 0.406. The summed E-state index contributed by atoms with van der Waals surface area (Å²) in [5, 5.41) is 8.54.